The Balaban J connectivity index is 1.30. The lowest BCUT2D eigenvalue weighted by Crippen LogP contribution is -2.81. The second-order valence-corrected chi connectivity index (χ2v) is 18.6. The van der Waals surface area contributed by atoms with Gasteiger partial charge >= 0.3 is 17.9 Å². The van der Waals surface area contributed by atoms with E-state index in [9.17, 15) is 29.7 Å². The van der Waals surface area contributed by atoms with E-state index in [4.69, 9.17) is 18.9 Å². The van der Waals surface area contributed by atoms with Gasteiger partial charge in [0.2, 0.25) is 5.60 Å². The number of nitrogens with zero attached hydrogens (tertiary/aromatic N) is 3. The molecule has 1 saturated carbocycles. The minimum atomic E-state index is -2.28. The molecule has 9 rings (SSSR count). The normalized spacial score (nSPS) is 38.0. The summed E-state index contributed by atoms with van der Waals surface area (Å²) in [6, 6.07) is 11.3. The average molecular weight is 829 g/mol. The van der Waals surface area contributed by atoms with Crippen molar-refractivity contribution in [1.82, 2.24) is 9.80 Å². The molecule has 0 bridgehead atoms. The van der Waals surface area contributed by atoms with Gasteiger partial charge in [0.05, 0.1) is 50.9 Å². The molecule has 2 spiro atoms. The number of fused-ring (bicyclic) bond motifs is 3. The molecule has 11 atom stereocenters. The van der Waals surface area contributed by atoms with Crippen molar-refractivity contribution in [2.45, 2.75) is 105 Å². The number of hydrogen-bond acceptors (Lipinski definition) is 14. The number of likely N-dealkylation sites (N-methyl/N-ethyl adjacent to an activating group) is 1. The van der Waals surface area contributed by atoms with Crippen molar-refractivity contribution in [3.63, 3.8) is 0 Å². The largest absolute Gasteiger partial charge is 0.496 e. The maximum atomic E-state index is 14.4. The molecule has 4 fully saturated rings. The van der Waals surface area contributed by atoms with E-state index in [0.29, 0.717) is 70.5 Å². The molecule has 14 heteroatoms. The first-order valence-electron chi connectivity index (χ1n) is 21.6. The number of nitrogens with one attached hydrogen (secondary N) is 1. The number of esters is 3. The van der Waals surface area contributed by atoms with E-state index in [1.807, 2.05) is 44.0 Å². The van der Waals surface area contributed by atoms with Gasteiger partial charge in [-0.05, 0) is 74.2 Å². The summed E-state index contributed by atoms with van der Waals surface area (Å²) >= 11 is 0. The number of benzene rings is 2. The Morgan fingerprint density at radius 1 is 1.00 bits per heavy atom. The van der Waals surface area contributed by atoms with E-state index in [0.717, 1.165) is 28.1 Å². The molecule has 2 aromatic rings. The van der Waals surface area contributed by atoms with E-state index in [-0.39, 0.29) is 24.5 Å². The average Bonchev–Trinajstić information content (AvgIpc) is 3.96. The Labute approximate surface area is 351 Å². The molecule has 1 aliphatic carbocycles. The Kier molecular flexibility index (Phi) is 9.54. The molecule has 3 saturated heterocycles. The highest BCUT2D eigenvalue weighted by molar-refractivity contribution is 5.88. The van der Waals surface area contributed by atoms with Crippen molar-refractivity contribution in [1.29, 1.82) is 0 Å². The van der Waals surface area contributed by atoms with Gasteiger partial charge in [0.1, 0.15) is 11.4 Å². The van der Waals surface area contributed by atoms with Crippen molar-refractivity contribution in [2.24, 2.45) is 17.3 Å². The molecule has 0 radical (unpaired) electrons. The number of aliphatic hydroxyl groups is 3. The summed E-state index contributed by atoms with van der Waals surface area (Å²) in [7, 11) is 6.22. The molecule has 6 heterocycles. The Morgan fingerprint density at radius 2 is 1.77 bits per heavy atom. The van der Waals surface area contributed by atoms with E-state index in [1.54, 1.807) is 7.11 Å². The molecule has 0 amide bonds. The molecular weight excluding hydrogens is 769 g/mol. The Morgan fingerprint density at radius 3 is 2.43 bits per heavy atom. The summed E-state index contributed by atoms with van der Waals surface area (Å²) in [5, 5.41) is 38.9. The van der Waals surface area contributed by atoms with Gasteiger partial charge < -0.3 is 44.5 Å². The van der Waals surface area contributed by atoms with Crippen LogP contribution in [0.2, 0.25) is 0 Å². The van der Waals surface area contributed by atoms with Gasteiger partial charge in [-0.25, -0.2) is 4.79 Å². The zero-order valence-electron chi connectivity index (χ0n) is 35.8. The number of para-hydroxylation sites is 1. The van der Waals surface area contributed by atoms with Crippen LogP contribution in [0.25, 0.3) is 0 Å². The second-order valence-electron chi connectivity index (χ2n) is 18.6. The van der Waals surface area contributed by atoms with Crippen LogP contribution in [0.1, 0.15) is 76.0 Å². The molecule has 60 heavy (non-hydrogen) atoms. The van der Waals surface area contributed by atoms with Crippen LogP contribution in [0.5, 0.6) is 5.75 Å². The maximum Gasteiger partial charge on any atom is 0.344 e. The lowest BCUT2D eigenvalue weighted by atomic mass is 9.47. The maximum absolute atomic E-state index is 14.4. The van der Waals surface area contributed by atoms with Crippen molar-refractivity contribution >= 4 is 29.3 Å². The molecule has 14 nitrogen and oxygen atoms in total. The minimum Gasteiger partial charge on any atom is -0.496 e. The Hall–Kier alpha value is -4.21. The molecule has 324 valence electrons. The summed E-state index contributed by atoms with van der Waals surface area (Å²) < 4.78 is 23.8. The van der Waals surface area contributed by atoms with Crippen molar-refractivity contribution < 1.29 is 48.7 Å². The third-order valence-electron chi connectivity index (χ3n) is 16.5. The lowest BCUT2D eigenvalue weighted by Gasteiger charge is -2.63. The minimum absolute atomic E-state index is 0.109. The van der Waals surface area contributed by atoms with Gasteiger partial charge in [0, 0.05) is 73.5 Å². The summed E-state index contributed by atoms with van der Waals surface area (Å²) in [6.07, 6.45) is 5.72. The number of methoxy groups -OCH3 is 3. The predicted octanol–water partition coefficient (Wildman–Crippen LogP) is 3.09. The number of anilines is 2. The number of carbonyl (C=O) groups excluding carboxylic acids is 3. The van der Waals surface area contributed by atoms with Gasteiger partial charge in [-0.15, -0.1) is 0 Å². The number of hydrogen-bond donors (Lipinski definition) is 4. The lowest BCUT2D eigenvalue weighted by molar-refractivity contribution is -0.228. The van der Waals surface area contributed by atoms with E-state index in [1.165, 1.54) is 21.1 Å². The van der Waals surface area contributed by atoms with E-state index in [2.05, 4.69) is 45.5 Å². The van der Waals surface area contributed by atoms with Crippen LogP contribution in [-0.4, -0.2) is 139 Å². The summed E-state index contributed by atoms with van der Waals surface area (Å²) in [5.74, 6) is -2.02. The number of rotatable bonds is 10. The van der Waals surface area contributed by atoms with Gasteiger partial charge in [-0.2, -0.15) is 0 Å². The predicted molar refractivity (Wildman–Crippen MR) is 222 cm³/mol. The molecule has 6 aliphatic heterocycles. The summed E-state index contributed by atoms with van der Waals surface area (Å²) in [6.45, 7) is 7.37. The molecule has 2 aromatic carbocycles. The zero-order chi connectivity index (χ0) is 42.8. The van der Waals surface area contributed by atoms with Gasteiger partial charge in [0.25, 0.3) is 0 Å². The smallest absolute Gasteiger partial charge is 0.344 e. The first-order valence-corrected chi connectivity index (χ1v) is 21.6. The van der Waals surface area contributed by atoms with Crippen LogP contribution in [0.4, 0.5) is 11.4 Å². The fourth-order valence-corrected chi connectivity index (χ4v) is 14.4. The van der Waals surface area contributed by atoms with Gasteiger partial charge in [0.15, 0.2) is 6.10 Å². The monoisotopic (exact) mass is 828 g/mol. The highest BCUT2D eigenvalue weighted by atomic mass is 16.6. The van der Waals surface area contributed by atoms with Crippen LogP contribution in [0.3, 0.4) is 0 Å². The highest BCUT2D eigenvalue weighted by Crippen LogP contribution is 2.70. The second kappa shape index (κ2) is 13.9. The topological polar surface area (TPSA) is 171 Å². The zero-order valence-corrected chi connectivity index (χ0v) is 35.8. The fraction of sp³-hybridized carbons (Fsp3) is 0.630. The van der Waals surface area contributed by atoms with Crippen molar-refractivity contribution in [2.75, 3.05) is 71.4 Å². The summed E-state index contributed by atoms with van der Waals surface area (Å²) in [5.41, 5.74) is -2.66. The van der Waals surface area contributed by atoms with Crippen LogP contribution in [0.15, 0.2) is 48.6 Å². The van der Waals surface area contributed by atoms with Crippen molar-refractivity contribution in [3.05, 3.63) is 65.2 Å². The van der Waals surface area contributed by atoms with E-state index < -0.39 is 63.1 Å². The third kappa shape index (κ3) is 4.85. The van der Waals surface area contributed by atoms with Crippen LogP contribution < -0.4 is 15.0 Å². The Bertz CT molecular complexity index is 2140. The highest BCUT2D eigenvalue weighted by Gasteiger charge is 2.81. The van der Waals surface area contributed by atoms with Crippen LogP contribution >= 0.6 is 0 Å². The number of aliphatic hydroxyl groups excluding tert-OH is 1. The molecule has 7 aliphatic rings. The molecule has 0 aromatic heterocycles. The van der Waals surface area contributed by atoms with Crippen LogP contribution in [-0.2, 0) is 39.4 Å². The SMILES string of the molecule is CCC(O)(CO)CC1CC(C(=O)OC)C23Nc4ccccc4C2(c2cc4c(cc2OC)N(C)C2C(O)(C(=O)OC)C(OC(C)=O)C5(CC)C=CCN6CCC42C65)CCN3C1. The molecule has 4 N–H and O–H groups in total. The molecular formula is C46H60N4O10. The standard InChI is InChI=1S/C46H60N4O10/c1-8-41(55,26-51)24-28-21-32(36(53)58-6)46-44(17-20-50(46)25-28,29-13-10-11-14-33(29)47-46)31-22-30-34(23-35(31)57-5)48(4)38-43(30)16-19-49-18-12-15-42(9-2,37(43)49)39(60-27(3)52)45(38,56)40(54)59-7/h10-15,22-23,28,32,37-39,47,51,55-56H,8-9,16-21,24-26H2,1-7H3. The number of carbonyl (C=O) groups is 3. The quantitative estimate of drug-likeness (QED) is 0.157. The van der Waals surface area contributed by atoms with Gasteiger partial charge in [-0.3, -0.25) is 19.4 Å². The fourth-order valence-electron chi connectivity index (χ4n) is 14.4. The summed E-state index contributed by atoms with van der Waals surface area (Å²) in [4.78, 5) is 48.6. The number of piperidine rings is 1. The first-order chi connectivity index (χ1) is 28.7. The van der Waals surface area contributed by atoms with Gasteiger partial charge in [-0.1, -0.05) is 44.2 Å². The molecule has 11 unspecified atom stereocenters. The third-order valence-corrected chi connectivity index (χ3v) is 16.5. The van der Waals surface area contributed by atoms with Crippen molar-refractivity contribution in [3.8, 4) is 5.75 Å². The van der Waals surface area contributed by atoms with E-state index >= 15 is 0 Å². The number of ether oxygens (including phenoxy) is 4. The first kappa shape index (κ1) is 41.2. The van der Waals surface area contributed by atoms with Crippen LogP contribution in [0, 0.1) is 17.3 Å².